The Morgan fingerprint density at radius 1 is 1.50 bits per heavy atom. The fraction of sp³-hybridized carbons (Fsp3) is 0.588. The molecule has 2 rings (SSSR count). The summed E-state index contributed by atoms with van der Waals surface area (Å²) >= 11 is 6.06. The fourth-order valence-corrected chi connectivity index (χ4v) is 3.12. The lowest BCUT2D eigenvalue weighted by Gasteiger charge is -2.21. The van der Waals surface area contributed by atoms with Crippen molar-refractivity contribution in [2.24, 2.45) is 10.9 Å². The zero-order valence-electron chi connectivity index (χ0n) is 14.2. The number of likely N-dealkylation sites (tertiary alicyclic amines) is 1. The van der Waals surface area contributed by atoms with Gasteiger partial charge in [-0.15, -0.1) is 24.0 Å². The minimum Gasteiger partial charge on any atom is -0.384 e. The topological polar surface area (TPSA) is 36.9 Å². The van der Waals surface area contributed by atoms with Gasteiger partial charge < -0.3 is 15.0 Å². The van der Waals surface area contributed by atoms with Crippen LogP contribution in [0.4, 0.5) is 4.39 Å². The molecule has 1 atom stereocenters. The first-order chi connectivity index (χ1) is 11.2. The van der Waals surface area contributed by atoms with Gasteiger partial charge in [0.15, 0.2) is 5.96 Å². The molecular formula is C17H26ClFIN3O. The molecule has 1 N–H and O–H groups in total. The van der Waals surface area contributed by atoms with E-state index in [2.05, 4.69) is 15.2 Å². The molecule has 0 radical (unpaired) electrons. The van der Waals surface area contributed by atoms with Crippen molar-refractivity contribution in [2.45, 2.75) is 19.8 Å². The minimum atomic E-state index is -0.265. The average molecular weight is 470 g/mol. The van der Waals surface area contributed by atoms with Gasteiger partial charge in [-0.2, -0.15) is 0 Å². The number of hydrogen-bond acceptors (Lipinski definition) is 2. The third kappa shape index (κ3) is 6.04. The average Bonchev–Trinajstić information content (AvgIpc) is 2.98. The number of nitrogens with zero attached hydrogens (tertiary/aromatic N) is 2. The number of guanidine groups is 1. The zero-order valence-corrected chi connectivity index (χ0v) is 17.3. The van der Waals surface area contributed by atoms with E-state index >= 15 is 0 Å². The highest BCUT2D eigenvalue weighted by atomic mass is 127. The van der Waals surface area contributed by atoms with Crippen molar-refractivity contribution in [1.82, 2.24) is 10.2 Å². The number of nitrogens with one attached hydrogen (secondary N) is 1. The molecule has 1 saturated heterocycles. The van der Waals surface area contributed by atoms with E-state index in [0.29, 0.717) is 29.5 Å². The summed E-state index contributed by atoms with van der Waals surface area (Å²) in [7, 11) is 1.74. The summed E-state index contributed by atoms with van der Waals surface area (Å²) in [5, 5.41) is 3.78. The number of aliphatic imine (C=N–C) groups is 1. The molecule has 136 valence electrons. The van der Waals surface area contributed by atoms with Gasteiger partial charge in [0.05, 0.1) is 6.61 Å². The van der Waals surface area contributed by atoms with Crippen LogP contribution >= 0.6 is 35.6 Å². The van der Waals surface area contributed by atoms with Crippen LogP contribution in [0.2, 0.25) is 5.02 Å². The number of methoxy groups -OCH3 is 1. The Hall–Kier alpha value is -0.600. The largest absolute Gasteiger partial charge is 0.384 e. The van der Waals surface area contributed by atoms with E-state index in [4.69, 9.17) is 16.3 Å². The molecule has 1 aliphatic heterocycles. The van der Waals surface area contributed by atoms with E-state index in [1.807, 2.05) is 6.92 Å². The Balaban J connectivity index is 0.00000288. The van der Waals surface area contributed by atoms with Gasteiger partial charge in [-0.3, -0.25) is 4.99 Å². The van der Waals surface area contributed by atoms with Crippen LogP contribution in [0.15, 0.2) is 23.2 Å². The van der Waals surface area contributed by atoms with Gasteiger partial charge in [0.1, 0.15) is 5.82 Å². The standard InChI is InChI=1S/C17H25ClFN3O.HI/c1-3-20-17(22-10-8-13(11-22)12-23-2)21-9-7-14-15(18)5-4-6-16(14)19;/h4-6,13H,3,7-12H2,1-2H3,(H,20,21);1H. The highest BCUT2D eigenvalue weighted by Crippen LogP contribution is 2.20. The normalized spacial score (nSPS) is 17.8. The predicted octanol–water partition coefficient (Wildman–Crippen LogP) is 3.57. The lowest BCUT2D eigenvalue weighted by atomic mass is 10.1. The second kappa shape index (κ2) is 11.1. The second-order valence-electron chi connectivity index (χ2n) is 5.74. The van der Waals surface area contributed by atoms with Crippen LogP contribution in [-0.4, -0.2) is 50.8 Å². The van der Waals surface area contributed by atoms with Gasteiger partial charge in [-0.1, -0.05) is 17.7 Å². The monoisotopic (exact) mass is 469 g/mol. The summed E-state index contributed by atoms with van der Waals surface area (Å²) in [6, 6.07) is 4.77. The van der Waals surface area contributed by atoms with Gasteiger partial charge in [-0.05, 0) is 31.9 Å². The van der Waals surface area contributed by atoms with Crippen LogP contribution in [0.5, 0.6) is 0 Å². The molecule has 1 unspecified atom stereocenters. The van der Waals surface area contributed by atoms with Gasteiger partial charge in [0.25, 0.3) is 0 Å². The van der Waals surface area contributed by atoms with Crippen molar-refractivity contribution in [3.05, 3.63) is 34.6 Å². The number of rotatable bonds is 6. The predicted molar refractivity (Wildman–Crippen MR) is 108 cm³/mol. The third-order valence-corrected chi connectivity index (χ3v) is 4.36. The van der Waals surface area contributed by atoms with Gasteiger partial charge >= 0.3 is 0 Å². The Kier molecular flexibility index (Phi) is 9.92. The summed E-state index contributed by atoms with van der Waals surface area (Å²) in [6.07, 6.45) is 1.60. The molecule has 4 nitrogen and oxygen atoms in total. The van der Waals surface area contributed by atoms with Crippen LogP contribution in [0.1, 0.15) is 18.9 Å². The maximum Gasteiger partial charge on any atom is 0.193 e. The van der Waals surface area contributed by atoms with Gasteiger partial charge in [-0.25, -0.2) is 4.39 Å². The SMILES string of the molecule is CCNC(=NCCc1c(F)cccc1Cl)N1CCC(COC)C1.I. The maximum atomic E-state index is 13.8. The molecule has 0 spiro atoms. The van der Waals surface area contributed by atoms with Crippen LogP contribution < -0.4 is 5.32 Å². The van der Waals surface area contributed by atoms with Crippen molar-refractivity contribution >= 4 is 41.5 Å². The Labute approximate surface area is 165 Å². The molecule has 7 heteroatoms. The van der Waals surface area contributed by atoms with Gasteiger partial charge in [0.2, 0.25) is 0 Å². The molecule has 1 aromatic rings. The molecule has 0 aromatic heterocycles. The lowest BCUT2D eigenvalue weighted by molar-refractivity contribution is 0.157. The molecule has 1 aromatic carbocycles. The van der Waals surface area contributed by atoms with E-state index in [-0.39, 0.29) is 29.8 Å². The fourth-order valence-electron chi connectivity index (χ4n) is 2.87. The molecule has 0 amide bonds. The Bertz CT molecular complexity index is 524. The molecule has 0 bridgehead atoms. The van der Waals surface area contributed by atoms with Crippen molar-refractivity contribution in [2.75, 3.05) is 39.9 Å². The summed E-state index contributed by atoms with van der Waals surface area (Å²) in [5.74, 6) is 1.17. The number of hydrogen-bond donors (Lipinski definition) is 1. The highest BCUT2D eigenvalue weighted by molar-refractivity contribution is 14.0. The van der Waals surface area contributed by atoms with E-state index in [1.165, 1.54) is 6.07 Å². The van der Waals surface area contributed by atoms with Crippen molar-refractivity contribution in [3.63, 3.8) is 0 Å². The quantitative estimate of drug-likeness (QED) is 0.393. The van der Waals surface area contributed by atoms with Crippen LogP contribution in [0.3, 0.4) is 0 Å². The van der Waals surface area contributed by atoms with Crippen LogP contribution in [-0.2, 0) is 11.2 Å². The van der Waals surface area contributed by atoms with Gasteiger partial charge in [0, 0.05) is 49.8 Å². The number of ether oxygens (including phenoxy) is 1. The molecule has 1 fully saturated rings. The second-order valence-corrected chi connectivity index (χ2v) is 6.15. The third-order valence-electron chi connectivity index (χ3n) is 4.01. The Morgan fingerprint density at radius 2 is 2.29 bits per heavy atom. The van der Waals surface area contributed by atoms with Crippen molar-refractivity contribution < 1.29 is 9.13 Å². The van der Waals surface area contributed by atoms with Crippen molar-refractivity contribution in [3.8, 4) is 0 Å². The summed E-state index contributed by atoms with van der Waals surface area (Å²) < 4.78 is 19.0. The smallest absolute Gasteiger partial charge is 0.193 e. The zero-order chi connectivity index (χ0) is 16.7. The Morgan fingerprint density at radius 3 is 2.96 bits per heavy atom. The molecule has 1 heterocycles. The van der Waals surface area contributed by atoms with E-state index in [0.717, 1.165) is 38.6 Å². The first-order valence-electron chi connectivity index (χ1n) is 8.10. The number of benzene rings is 1. The van der Waals surface area contributed by atoms with E-state index in [1.54, 1.807) is 19.2 Å². The minimum absolute atomic E-state index is 0. The van der Waals surface area contributed by atoms with Crippen LogP contribution in [0.25, 0.3) is 0 Å². The summed E-state index contributed by atoms with van der Waals surface area (Å²) in [5.41, 5.74) is 0.535. The summed E-state index contributed by atoms with van der Waals surface area (Å²) in [6.45, 7) is 6.06. The maximum absolute atomic E-state index is 13.8. The molecular weight excluding hydrogens is 444 g/mol. The molecule has 0 aliphatic carbocycles. The van der Waals surface area contributed by atoms with E-state index in [9.17, 15) is 4.39 Å². The van der Waals surface area contributed by atoms with Crippen molar-refractivity contribution in [1.29, 1.82) is 0 Å². The van der Waals surface area contributed by atoms with E-state index < -0.39 is 0 Å². The number of halogens is 3. The van der Waals surface area contributed by atoms with Crippen LogP contribution in [0, 0.1) is 11.7 Å². The summed E-state index contributed by atoms with van der Waals surface area (Å²) in [4.78, 5) is 6.88. The molecule has 1 aliphatic rings. The first kappa shape index (κ1) is 21.4. The highest BCUT2D eigenvalue weighted by Gasteiger charge is 2.24. The molecule has 24 heavy (non-hydrogen) atoms. The lowest BCUT2D eigenvalue weighted by Crippen LogP contribution is -2.40. The first-order valence-corrected chi connectivity index (χ1v) is 8.48. The molecule has 0 saturated carbocycles.